The summed E-state index contributed by atoms with van der Waals surface area (Å²) in [5.41, 5.74) is 4.57. The molecule has 240 valence electrons. The van der Waals surface area contributed by atoms with Crippen molar-refractivity contribution in [2.45, 2.75) is 57.1 Å². The zero-order valence-corrected chi connectivity index (χ0v) is 28.4. The Hall–Kier alpha value is -4.13. The number of sulfone groups is 1. The molecule has 0 saturated carbocycles. The van der Waals surface area contributed by atoms with Gasteiger partial charge in [0.25, 0.3) is 0 Å². The number of ether oxygens (including phenoxy) is 2. The number of aromatic nitrogens is 1. The van der Waals surface area contributed by atoms with Crippen LogP contribution in [0.2, 0.25) is 0 Å². The van der Waals surface area contributed by atoms with E-state index in [9.17, 15) is 18.5 Å². The number of nitriles is 1. The third-order valence-electron chi connectivity index (χ3n) is 7.28. The Bertz CT molecular complexity index is 1750. The molecule has 1 aromatic heterocycles. The van der Waals surface area contributed by atoms with E-state index in [4.69, 9.17) is 14.5 Å². The summed E-state index contributed by atoms with van der Waals surface area (Å²) in [6, 6.07) is 30.9. The normalized spacial score (nSPS) is 12.2. The number of esters is 1. The second-order valence-corrected chi connectivity index (χ2v) is 15.2. The van der Waals surface area contributed by atoms with Gasteiger partial charge in [0.1, 0.15) is 29.6 Å². The maximum Gasteiger partial charge on any atom is 0.316 e. The number of rotatable bonds is 14. The maximum absolute atomic E-state index is 13.2. The lowest BCUT2D eigenvalue weighted by Gasteiger charge is -2.21. The van der Waals surface area contributed by atoms with E-state index in [1.807, 2.05) is 97.9 Å². The molecule has 1 unspecified atom stereocenters. The van der Waals surface area contributed by atoms with Gasteiger partial charge in [0, 0.05) is 11.1 Å². The second-order valence-electron chi connectivity index (χ2n) is 12.0. The lowest BCUT2D eigenvalue weighted by atomic mass is 9.87. The summed E-state index contributed by atoms with van der Waals surface area (Å²) in [5.74, 6) is -0.559. The number of benzene rings is 3. The molecule has 0 aliphatic carbocycles. The van der Waals surface area contributed by atoms with E-state index in [2.05, 4.69) is 26.8 Å². The SMILES string of the molecule is CCCCS(=O)(=O)CC(COc1ccc(C(C)(C)C)cc1)OC(=O)CSc1nc(-c2ccccc2)cc(-c2ccccc2)c1C#N. The molecule has 1 atom stereocenters. The molecular weight excluding hydrogens is 617 g/mol. The van der Waals surface area contributed by atoms with Crippen molar-refractivity contribution >= 4 is 27.6 Å². The highest BCUT2D eigenvalue weighted by Gasteiger charge is 2.25. The van der Waals surface area contributed by atoms with Crippen molar-refractivity contribution in [2.24, 2.45) is 0 Å². The van der Waals surface area contributed by atoms with Crippen LogP contribution in [0.15, 0.2) is 96.0 Å². The number of carbonyl (C=O) groups is 1. The van der Waals surface area contributed by atoms with Gasteiger partial charge >= 0.3 is 5.97 Å². The fraction of sp³-hybridized carbons (Fsp3) is 0.324. The van der Waals surface area contributed by atoms with E-state index in [1.54, 1.807) is 0 Å². The van der Waals surface area contributed by atoms with Crippen LogP contribution in [0.1, 0.15) is 51.7 Å². The number of unbranched alkanes of at least 4 members (excludes halogenated alkanes) is 1. The van der Waals surface area contributed by atoms with Gasteiger partial charge in [0.05, 0.1) is 28.5 Å². The highest BCUT2D eigenvalue weighted by Crippen LogP contribution is 2.34. The van der Waals surface area contributed by atoms with Gasteiger partial charge in [-0.3, -0.25) is 4.79 Å². The molecule has 0 aliphatic rings. The van der Waals surface area contributed by atoms with Crippen LogP contribution in [-0.2, 0) is 24.8 Å². The minimum absolute atomic E-state index is 0.0105. The molecule has 0 radical (unpaired) electrons. The van der Waals surface area contributed by atoms with Crippen molar-refractivity contribution < 1.29 is 22.7 Å². The Morgan fingerprint density at radius 2 is 1.59 bits per heavy atom. The fourth-order valence-corrected chi connectivity index (χ4v) is 7.18. The Morgan fingerprint density at radius 1 is 0.957 bits per heavy atom. The molecule has 0 N–H and O–H groups in total. The Balaban J connectivity index is 1.54. The van der Waals surface area contributed by atoms with Crippen LogP contribution in [0.5, 0.6) is 5.75 Å². The molecule has 0 amide bonds. The van der Waals surface area contributed by atoms with Crippen molar-refractivity contribution in [2.75, 3.05) is 23.9 Å². The molecule has 46 heavy (non-hydrogen) atoms. The quantitative estimate of drug-likeness (QED) is 0.0997. The van der Waals surface area contributed by atoms with E-state index in [1.165, 1.54) is 0 Å². The lowest BCUT2D eigenvalue weighted by Crippen LogP contribution is -2.34. The number of pyridine rings is 1. The maximum atomic E-state index is 13.2. The van der Waals surface area contributed by atoms with Crippen molar-refractivity contribution in [1.29, 1.82) is 5.26 Å². The second kappa shape index (κ2) is 15.9. The molecule has 0 spiro atoms. The van der Waals surface area contributed by atoms with Crippen LogP contribution in [0, 0.1) is 11.3 Å². The Labute approximate surface area is 276 Å². The van der Waals surface area contributed by atoms with Crippen LogP contribution < -0.4 is 4.74 Å². The average molecular weight is 657 g/mol. The summed E-state index contributed by atoms with van der Waals surface area (Å²) >= 11 is 1.09. The van der Waals surface area contributed by atoms with Gasteiger partial charge in [-0.1, -0.05) is 119 Å². The molecule has 0 aliphatic heterocycles. The van der Waals surface area contributed by atoms with Crippen molar-refractivity contribution in [3.63, 3.8) is 0 Å². The van der Waals surface area contributed by atoms with E-state index >= 15 is 0 Å². The van der Waals surface area contributed by atoms with E-state index in [-0.39, 0.29) is 29.3 Å². The number of nitrogens with zero attached hydrogens (tertiary/aromatic N) is 2. The zero-order valence-electron chi connectivity index (χ0n) is 26.7. The fourth-order valence-electron chi connectivity index (χ4n) is 4.77. The highest BCUT2D eigenvalue weighted by molar-refractivity contribution is 8.00. The predicted octanol–water partition coefficient (Wildman–Crippen LogP) is 7.88. The Morgan fingerprint density at radius 3 is 2.17 bits per heavy atom. The summed E-state index contributed by atoms with van der Waals surface area (Å²) < 4.78 is 37.3. The highest BCUT2D eigenvalue weighted by atomic mass is 32.2. The average Bonchev–Trinajstić information content (AvgIpc) is 3.05. The first kappa shape index (κ1) is 34.7. The van der Waals surface area contributed by atoms with Crippen molar-refractivity contribution in [3.8, 4) is 34.2 Å². The third kappa shape index (κ3) is 9.93. The lowest BCUT2D eigenvalue weighted by molar-refractivity contribution is -0.146. The summed E-state index contributed by atoms with van der Waals surface area (Å²) in [4.78, 5) is 18.0. The summed E-state index contributed by atoms with van der Waals surface area (Å²) in [5, 5.41) is 10.6. The monoisotopic (exact) mass is 656 g/mol. The van der Waals surface area contributed by atoms with E-state index in [0.29, 0.717) is 34.0 Å². The molecule has 9 heteroatoms. The molecule has 4 aromatic rings. The summed E-state index contributed by atoms with van der Waals surface area (Å²) in [6.45, 7) is 8.17. The van der Waals surface area contributed by atoms with Gasteiger partial charge < -0.3 is 9.47 Å². The molecule has 4 rings (SSSR count). The summed E-state index contributed by atoms with van der Waals surface area (Å²) in [6.07, 6.45) is 0.257. The molecule has 1 heterocycles. The first-order valence-corrected chi connectivity index (χ1v) is 18.1. The van der Waals surface area contributed by atoms with Gasteiger partial charge in [-0.25, -0.2) is 13.4 Å². The molecule has 7 nitrogen and oxygen atoms in total. The van der Waals surface area contributed by atoms with Gasteiger partial charge in [0.15, 0.2) is 9.84 Å². The van der Waals surface area contributed by atoms with Crippen LogP contribution in [0.25, 0.3) is 22.4 Å². The standard InChI is InChI=1S/C37H40N2O5S2/c1-5-6-21-46(41,42)26-31(24-43-30-19-17-29(18-20-30)37(2,3)4)44-35(40)25-45-36-33(23-38)32(27-13-9-7-10-14-27)22-34(39-36)28-15-11-8-12-16-28/h7-20,22,31H,5-6,21,24-26H2,1-4H3. The van der Waals surface area contributed by atoms with Gasteiger partial charge in [-0.2, -0.15) is 5.26 Å². The third-order valence-corrected chi connectivity index (χ3v) is 10.0. The van der Waals surface area contributed by atoms with Crippen LogP contribution in [0.3, 0.4) is 0 Å². The van der Waals surface area contributed by atoms with Gasteiger partial charge in [-0.15, -0.1) is 0 Å². The number of carbonyl (C=O) groups excluding carboxylic acids is 1. The van der Waals surface area contributed by atoms with Gasteiger partial charge in [-0.05, 0) is 41.2 Å². The predicted molar refractivity (Wildman–Crippen MR) is 185 cm³/mol. The van der Waals surface area contributed by atoms with Gasteiger partial charge in [0.2, 0.25) is 0 Å². The first-order chi connectivity index (χ1) is 22.0. The smallest absolute Gasteiger partial charge is 0.316 e. The van der Waals surface area contributed by atoms with E-state index in [0.717, 1.165) is 34.9 Å². The number of thioether (sulfide) groups is 1. The minimum Gasteiger partial charge on any atom is -0.490 e. The van der Waals surface area contributed by atoms with Crippen molar-refractivity contribution in [3.05, 3.63) is 102 Å². The number of hydrogen-bond acceptors (Lipinski definition) is 8. The zero-order chi connectivity index (χ0) is 33.2. The van der Waals surface area contributed by atoms with Crippen LogP contribution >= 0.6 is 11.8 Å². The molecule has 0 saturated heterocycles. The minimum atomic E-state index is -3.49. The topological polar surface area (TPSA) is 106 Å². The van der Waals surface area contributed by atoms with Crippen molar-refractivity contribution in [1.82, 2.24) is 4.98 Å². The molecular formula is C37H40N2O5S2. The Kier molecular flexibility index (Phi) is 12.0. The van der Waals surface area contributed by atoms with Crippen LogP contribution in [-0.4, -0.2) is 49.3 Å². The molecule has 0 bridgehead atoms. The number of hydrogen-bond donors (Lipinski definition) is 0. The van der Waals surface area contributed by atoms with Crippen LogP contribution in [0.4, 0.5) is 0 Å². The molecule has 3 aromatic carbocycles. The molecule has 0 fully saturated rings. The largest absolute Gasteiger partial charge is 0.490 e. The summed E-state index contributed by atoms with van der Waals surface area (Å²) in [7, 11) is -3.49. The van der Waals surface area contributed by atoms with E-state index < -0.39 is 21.9 Å². The first-order valence-electron chi connectivity index (χ1n) is 15.3.